The Morgan fingerprint density at radius 1 is 0.974 bits per heavy atom. The lowest BCUT2D eigenvalue weighted by Gasteiger charge is -2.25. The van der Waals surface area contributed by atoms with Crippen molar-refractivity contribution in [3.8, 4) is 23.0 Å². The lowest BCUT2D eigenvalue weighted by molar-refractivity contribution is -0.119. The number of hydrazone groups is 1. The first-order chi connectivity index (χ1) is 18.8. The lowest BCUT2D eigenvalue weighted by atomic mass is 10.2. The number of carbonyl (C=O) groups is 1. The molecule has 206 valence electrons. The minimum absolute atomic E-state index is 0.00777. The zero-order chi connectivity index (χ0) is 28.3. The van der Waals surface area contributed by atoms with E-state index in [-0.39, 0.29) is 16.3 Å². The van der Waals surface area contributed by atoms with E-state index in [4.69, 9.17) is 18.9 Å². The summed E-state index contributed by atoms with van der Waals surface area (Å²) in [6.45, 7) is 5.67. The van der Waals surface area contributed by atoms with Gasteiger partial charge in [0.15, 0.2) is 11.5 Å². The molecule has 10 nitrogen and oxygen atoms in total. The number of amides is 1. The summed E-state index contributed by atoms with van der Waals surface area (Å²) in [6.07, 6.45) is 3.04. The highest BCUT2D eigenvalue weighted by Gasteiger charge is 2.29. The van der Waals surface area contributed by atoms with Gasteiger partial charge >= 0.3 is 0 Å². The fourth-order valence-corrected chi connectivity index (χ4v) is 4.94. The third-order valence-corrected chi connectivity index (χ3v) is 7.07. The largest absolute Gasteiger partial charge is 0.497 e. The molecule has 0 heterocycles. The van der Waals surface area contributed by atoms with Crippen molar-refractivity contribution < 1.29 is 32.2 Å². The molecular weight excluding hydrogens is 522 g/mol. The van der Waals surface area contributed by atoms with Gasteiger partial charge in [-0.1, -0.05) is 30.9 Å². The number of ether oxygens (including phenoxy) is 4. The maximum absolute atomic E-state index is 13.6. The summed E-state index contributed by atoms with van der Waals surface area (Å²) in [7, 11) is -1.29. The maximum Gasteiger partial charge on any atom is 0.264 e. The Kier molecular flexibility index (Phi) is 10.3. The number of rotatable bonds is 14. The molecule has 3 aromatic rings. The predicted molar refractivity (Wildman–Crippen MR) is 150 cm³/mol. The Balaban J connectivity index is 1.86. The number of anilines is 1. The van der Waals surface area contributed by atoms with Gasteiger partial charge in [-0.3, -0.25) is 9.10 Å². The number of methoxy groups -OCH3 is 2. The molecule has 0 aliphatic carbocycles. The average Bonchev–Trinajstić information content (AvgIpc) is 2.95. The summed E-state index contributed by atoms with van der Waals surface area (Å²) in [6, 6.07) is 17.7. The van der Waals surface area contributed by atoms with Crippen LogP contribution in [0.5, 0.6) is 23.0 Å². The van der Waals surface area contributed by atoms with E-state index in [1.54, 1.807) is 54.6 Å². The van der Waals surface area contributed by atoms with Crippen molar-refractivity contribution in [2.45, 2.75) is 11.8 Å². The van der Waals surface area contributed by atoms with E-state index in [0.717, 1.165) is 4.31 Å². The summed E-state index contributed by atoms with van der Waals surface area (Å²) in [5.41, 5.74) is 3.16. The van der Waals surface area contributed by atoms with Gasteiger partial charge in [0.2, 0.25) is 0 Å². The number of sulfonamides is 1. The second-order valence-electron chi connectivity index (χ2n) is 7.89. The molecule has 0 aromatic heterocycles. The monoisotopic (exact) mass is 553 g/mol. The molecule has 0 bridgehead atoms. The van der Waals surface area contributed by atoms with Crippen LogP contribution in [0.15, 0.2) is 89.4 Å². The van der Waals surface area contributed by atoms with Crippen molar-refractivity contribution >= 4 is 27.8 Å². The number of nitrogens with zero attached hydrogens (tertiary/aromatic N) is 2. The molecule has 0 unspecified atom stereocenters. The van der Waals surface area contributed by atoms with Crippen LogP contribution in [0.3, 0.4) is 0 Å². The molecular formula is C28H31N3O7S. The summed E-state index contributed by atoms with van der Waals surface area (Å²) < 4.78 is 50.1. The van der Waals surface area contributed by atoms with E-state index in [1.807, 2.05) is 6.92 Å². The fraction of sp³-hybridized carbons (Fsp3) is 0.214. The van der Waals surface area contributed by atoms with Crippen molar-refractivity contribution in [2.75, 3.05) is 38.3 Å². The predicted octanol–water partition coefficient (Wildman–Crippen LogP) is 4.01. The Morgan fingerprint density at radius 3 is 2.38 bits per heavy atom. The molecule has 11 heteroatoms. The number of hydrogen-bond acceptors (Lipinski definition) is 8. The van der Waals surface area contributed by atoms with E-state index in [9.17, 15) is 13.2 Å². The van der Waals surface area contributed by atoms with Crippen LogP contribution in [-0.4, -0.2) is 54.5 Å². The van der Waals surface area contributed by atoms with Crippen molar-refractivity contribution in [2.24, 2.45) is 5.10 Å². The van der Waals surface area contributed by atoms with Gasteiger partial charge in [0.1, 0.15) is 24.7 Å². The van der Waals surface area contributed by atoms with Gasteiger partial charge in [-0.15, -0.1) is 0 Å². The summed E-state index contributed by atoms with van der Waals surface area (Å²) in [5, 5.41) is 4.00. The summed E-state index contributed by atoms with van der Waals surface area (Å²) >= 11 is 0. The van der Waals surface area contributed by atoms with Crippen LogP contribution in [0.4, 0.5) is 5.69 Å². The van der Waals surface area contributed by atoms with Crippen molar-refractivity contribution in [1.29, 1.82) is 0 Å². The smallest absolute Gasteiger partial charge is 0.264 e. The SMILES string of the molecule is C=CCOc1ccc(/C=N\NC(=O)CN(c2cc(OC)ccc2OC)S(=O)(=O)c2ccccc2)cc1OCC. The van der Waals surface area contributed by atoms with E-state index >= 15 is 0 Å². The lowest BCUT2D eigenvalue weighted by Crippen LogP contribution is -2.39. The molecule has 0 spiro atoms. The molecule has 1 amide bonds. The van der Waals surface area contributed by atoms with Crippen molar-refractivity contribution in [3.05, 3.63) is 84.9 Å². The molecule has 3 rings (SSSR count). The second kappa shape index (κ2) is 13.9. The van der Waals surface area contributed by atoms with Crippen LogP contribution < -0.4 is 28.7 Å². The minimum Gasteiger partial charge on any atom is -0.497 e. The molecule has 3 aromatic carbocycles. The first kappa shape index (κ1) is 29.1. The first-order valence-corrected chi connectivity index (χ1v) is 13.4. The maximum atomic E-state index is 13.6. The highest BCUT2D eigenvalue weighted by atomic mass is 32.2. The topological polar surface area (TPSA) is 116 Å². The molecule has 0 saturated carbocycles. The third-order valence-electron chi connectivity index (χ3n) is 5.30. The zero-order valence-electron chi connectivity index (χ0n) is 22.0. The molecule has 0 aliphatic rings. The van der Waals surface area contributed by atoms with Gasteiger partial charge in [0.05, 0.1) is 37.6 Å². The number of nitrogens with one attached hydrogen (secondary N) is 1. The fourth-order valence-electron chi connectivity index (χ4n) is 3.50. The first-order valence-electron chi connectivity index (χ1n) is 12.0. The van der Waals surface area contributed by atoms with E-state index < -0.39 is 22.5 Å². The van der Waals surface area contributed by atoms with E-state index in [1.165, 1.54) is 38.6 Å². The molecule has 0 aliphatic heterocycles. The van der Waals surface area contributed by atoms with Gasteiger partial charge in [-0.25, -0.2) is 13.8 Å². The molecule has 0 fully saturated rings. The van der Waals surface area contributed by atoms with Crippen LogP contribution in [0.25, 0.3) is 0 Å². The molecule has 1 N–H and O–H groups in total. The Labute approximate surface area is 228 Å². The number of carbonyl (C=O) groups excluding carboxylic acids is 1. The van der Waals surface area contributed by atoms with Crippen molar-refractivity contribution in [3.63, 3.8) is 0 Å². The van der Waals surface area contributed by atoms with Gasteiger partial charge in [0.25, 0.3) is 15.9 Å². The van der Waals surface area contributed by atoms with Crippen LogP contribution in [0.1, 0.15) is 12.5 Å². The summed E-state index contributed by atoms with van der Waals surface area (Å²) in [5.74, 6) is 1.02. The normalized spacial score (nSPS) is 11.1. The Hall–Kier alpha value is -4.51. The quantitative estimate of drug-likeness (QED) is 0.182. The molecule has 0 atom stereocenters. The van der Waals surface area contributed by atoms with E-state index in [2.05, 4.69) is 17.1 Å². The molecule has 0 radical (unpaired) electrons. The van der Waals surface area contributed by atoms with Crippen LogP contribution in [0.2, 0.25) is 0 Å². The van der Waals surface area contributed by atoms with Gasteiger partial charge in [-0.2, -0.15) is 5.10 Å². The van der Waals surface area contributed by atoms with Crippen LogP contribution in [-0.2, 0) is 14.8 Å². The van der Waals surface area contributed by atoms with Crippen LogP contribution in [0, 0.1) is 0 Å². The highest BCUT2D eigenvalue weighted by Crippen LogP contribution is 2.35. The number of benzene rings is 3. The highest BCUT2D eigenvalue weighted by molar-refractivity contribution is 7.92. The third kappa shape index (κ3) is 7.51. The molecule has 39 heavy (non-hydrogen) atoms. The van der Waals surface area contributed by atoms with Gasteiger partial charge in [0, 0.05) is 6.07 Å². The summed E-state index contributed by atoms with van der Waals surface area (Å²) in [4.78, 5) is 12.9. The Morgan fingerprint density at radius 2 is 1.72 bits per heavy atom. The standard InChI is InChI=1S/C28H31N3O7S/c1-5-16-38-26-14-12-21(17-27(26)37-6-2)19-29-30-28(32)20-31(39(33,34)23-10-8-7-9-11-23)24-18-22(35-3)13-15-25(24)36-4/h5,7-15,17-19H,1,6,16,20H2,2-4H3,(H,30,32)/b29-19-. The number of hydrogen-bond donors (Lipinski definition) is 1. The average molecular weight is 554 g/mol. The van der Waals surface area contributed by atoms with Crippen LogP contribution >= 0.6 is 0 Å². The van der Waals surface area contributed by atoms with Gasteiger partial charge in [-0.05, 0) is 55.0 Å². The Bertz CT molecular complexity index is 1410. The van der Waals surface area contributed by atoms with Gasteiger partial charge < -0.3 is 18.9 Å². The van der Waals surface area contributed by atoms with Crippen molar-refractivity contribution in [1.82, 2.24) is 5.43 Å². The molecule has 0 saturated heterocycles. The second-order valence-corrected chi connectivity index (χ2v) is 9.76. The minimum atomic E-state index is -4.16. The van der Waals surface area contributed by atoms with E-state index in [0.29, 0.717) is 36.0 Å². The zero-order valence-corrected chi connectivity index (χ0v) is 22.8.